The number of rotatable bonds is 4. The Hall–Kier alpha value is -1.30. The van der Waals surface area contributed by atoms with E-state index in [1.165, 1.54) is 5.56 Å². The van der Waals surface area contributed by atoms with Gasteiger partial charge in [0.2, 0.25) is 0 Å². The zero-order valence-corrected chi connectivity index (χ0v) is 18.2. The second-order valence-electron chi connectivity index (χ2n) is 6.17. The molecule has 1 heterocycles. The summed E-state index contributed by atoms with van der Waals surface area (Å²) in [6.07, 6.45) is 1.08. The van der Waals surface area contributed by atoms with E-state index < -0.39 is 0 Å². The van der Waals surface area contributed by atoms with Crippen molar-refractivity contribution in [3.63, 3.8) is 0 Å². The maximum atomic E-state index is 12.8. The van der Waals surface area contributed by atoms with E-state index in [9.17, 15) is 4.79 Å². The van der Waals surface area contributed by atoms with Crippen molar-refractivity contribution in [2.75, 3.05) is 23.7 Å². The number of carbonyl (C=O) groups is 1. The van der Waals surface area contributed by atoms with E-state index in [1.54, 1.807) is 36.0 Å². The molecule has 26 heavy (non-hydrogen) atoms. The van der Waals surface area contributed by atoms with Gasteiger partial charge in [-0.15, -0.1) is 17.0 Å². The highest BCUT2D eigenvalue weighted by atomic mass is 79.9. The van der Waals surface area contributed by atoms with Crippen molar-refractivity contribution in [3.05, 3.63) is 64.2 Å². The molecule has 138 valence electrons. The monoisotopic (exact) mass is 452 g/mol. The van der Waals surface area contributed by atoms with E-state index in [2.05, 4.69) is 41.9 Å². The number of nitrogens with zero attached hydrogens (tertiary/aromatic N) is 2. The third-order valence-corrected chi connectivity index (χ3v) is 5.49. The van der Waals surface area contributed by atoms with Gasteiger partial charge >= 0.3 is 0 Å². The van der Waals surface area contributed by atoms with E-state index in [0.29, 0.717) is 10.6 Å². The van der Waals surface area contributed by atoms with Gasteiger partial charge in [-0.2, -0.15) is 0 Å². The lowest BCUT2D eigenvalue weighted by molar-refractivity contribution is 0.100. The Kier molecular flexibility index (Phi) is 7.74. The lowest BCUT2D eigenvalue weighted by Gasteiger charge is -2.28. The van der Waals surface area contributed by atoms with Crippen molar-refractivity contribution in [2.24, 2.45) is 4.99 Å². The molecule has 0 radical (unpaired) electrons. The first-order valence-electron chi connectivity index (χ1n) is 8.35. The fourth-order valence-electron chi connectivity index (χ4n) is 2.75. The molecule has 0 N–H and O–H groups in total. The van der Waals surface area contributed by atoms with Crippen LogP contribution in [0.25, 0.3) is 0 Å². The molecule has 2 aromatic carbocycles. The Morgan fingerprint density at radius 2 is 1.92 bits per heavy atom. The molecule has 0 unspecified atom stereocenters. The van der Waals surface area contributed by atoms with Gasteiger partial charge in [0.1, 0.15) is 0 Å². The molecule has 1 aliphatic rings. The summed E-state index contributed by atoms with van der Waals surface area (Å²) in [4.78, 5) is 19.6. The SMILES string of the molecule is Br.Cc1ccc(C)c(N(CC(=O)c2ccc(Cl)cc2)C2=NCCCS2)c1. The van der Waals surface area contributed by atoms with E-state index in [0.717, 1.165) is 35.1 Å². The Morgan fingerprint density at radius 1 is 1.19 bits per heavy atom. The van der Waals surface area contributed by atoms with Crippen molar-refractivity contribution >= 4 is 57.0 Å². The number of aliphatic imine (C=N–C) groups is 1. The fraction of sp³-hybridized carbons (Fsp3) is 0.300. The highest BCUT2D eigenvalue weighted by Gasteiger charge is 2.22. The standard InChI is InChI=1S/C20H21ClN2OS.BrH/c1-14-4-5-15(2)18(12-14)23(20-22-10-3-11-25-20)13-19(24)16-6-8-17(21)9-7-16;/h4-9,12H,3,10-11,13H2,1-2H3;1H. The summed E-state index contributed by atoms with van der Waals surface area (Å²) in [5, 5.41) is 1.57. The molecule has 0 saturated carbocycles. The van der Waals surface area contributed by atoms with Gasteiger partial charge in [-0.3, -0.25) is 9.79 Å². The molecule has 0 saturated heterocycles. The molecule has 0 spiro atoms. The number of halogens is 2. The van der Waals surface area contributed by atoms with Crippen LogP contribution in [0, 0.1) is 13.8 Å². The van der Waals surface area contributed by atoms with Crippen LogP contribution in [0.2, 0.25) is 5.02 Å². The van der Waals surface area contributed by atoms with E-state index in [-0.39, 0.29) is 29.3 Å². The van der Waals surface area contributed by atoms with Crippen LogP contribution in [0.1, 0.15) is 27.9 Å². The van der Waals surface area contributed by atoms with Crippen molar-refractivity contribution in [3.8, 4) is 0 Å². The van der Waals surface area contributed by atoms with Crippen LogP contribution in [-0.4, -0.2) is 29.8 Å². The summed E-state index contributed by atoms with van der Waals surface area (Å²) < 4.78 is 0. The second kappa shape index (κ2) is 9.58. The largest absolute Gasteiger partial charge is 0.313 e. The van der Waals surface area contributed by atoms with Gasteiger partial charge < -0.3 is 4.90 Å². The highest BCUT2D eigenvalue weighted by molar-refractivity contribution is 8.93. The number of thioether (sulfide) groups is 1. The van der Waals surface area contributed by atoms with Gasteiger partial charge in [-0.25, -0.2) is 0 Å². The number of benzene rings is 2. The first-order valence-corrected chi connectivity index (χ1v) is 9.72. The molecule has 0 amide bonds. The normalized spacial score (nSPS) is 13.6. The summed E-state index contributed by atoms with van der Waals surface area (Å²) >= 11 is 7.66. The zero-order chi connectivity index (χ0) is 17.8. The van der Waals surface area contributed by atoms with Gasteiger partial charge in [-0.05, 0) is 61.7 Å². The van der Waals surface area contributed by atoms with Crippen LogP contribution >= 0.6 is 40.3 Å². The molecular weight excluding hydrogens is 432 g/mol. The molecular formula is C20H22BrClN2OS. The van der Waals surface area contributed by atoms with Gasteiger partial charge in [0.25, 0.3) is 0 Å². The molecule has 3 nitrogen and oxygen atoms in total. The Bertz CT molecular complexity index is 808. The Labute approximate surface area is 174 Å². The quantitative estimate of drug-likeness (QED) is 0.555. The molecule has 6 heteroatoms. The summed E-state index contributed by atoms with van der Waals surface area (Å²) in [5.74, 6) is 1.10. The topological polar surface area (TPSA) is 32.7 Å². The maximum Gasteiger partial charge on any atom is 0.182 e. The first-order chi connectivity index (χ1) is 12.0. The summed E-state index contributed by atoms with van der Waals surface area (Å²) in [6, 6.07) is 13.4. The van der Waals surface area contributed by atoms with Crippen molar-refractivity contribution in [1.82, 2.24) is 0 Å². The van der Waals surface area contributed by atoms with E-state index >= 15 is 0 Å². The number of aryl methyl sites for hydroxylation is 2. The Balaban J connectivity index is 0.00000243. The minimum atomic E-state index is 0. The van der Waals surface area contributed by atoms with E-state index in [4.69, 9.17) is 11.6 Å². The number of carbonyl (C=O) groups excluding carboxylic acids is 1. The molecule has 0 atom stereocenters. The average molecular weight is 454 g/mol. The molecule has 0 bridgehead atoms. The minimum Gasteiger partial charge on any atom is -0.313 e. The molecule has 3 rings (SSSR count). The number of hydrogen-bond donors (Lipinski definition) is 0. The Morgan fingerprint density at radius 3 is 2.58 bits per heavy atom. The average Bonchev–Trinajstić information content (AvgIpc) is 2.63. The number of Topliss-reactive ketones (excluding diaryl/α,β-unsaturated/α-hetero) is 1. The molecule has 0 aliphatic carbocycles. The third-order valence-electron chi connectivity index (χ3n) is 4.13. The molecule has 1 aliphatic heterocycles. The van der Waals surface area contributed by atoms with Gasteiger partial charge in [0.05, 0.1) is 6.54 Å². The van der Waals surface area contributed by atoms with E-state index in [1.807, 2.05) is 0 Å². The van der Waals surface area contributed by atoms with Crippen LogP contribution in [0.4, 0.5) is 5.69 Å². The summed E-state index contributed by atoms with van der Waals surface area (Å²) in [7, 11) is 0. The number of amidine groups is 1. The molecule has 0 fully saturated rings. The van der Waals surface area contributed by atoms with Gasteiger partial charge in [-0.1, -0.05) is 35.5 Å². The number of hydrogen-bond acceptors (Lipinski definition) is 4. The van der Waals surface area contributed by atoms with Crippen LogP contribution in [0.5, 0.6) is 0 Å². The second-order valence-corrected chi connectivity index (χ2v) is 7.67. The highest BCUT2D eigenvalue weighted by Crippen LogP contribution is 2.27. The van der Waals surface area contributed by atoms with Crippen molar-refractivity contribution < 1.29 is 4.79 Å². The minimum absolute atomic E-state index is 0. The summed E-state index contributed by atoms with van der Waals surface area (Å²) in [5.41, 5.74) is 4.03. The van der Waals surface area contributed by atoms with Crippen LogP contribution in [0.3, 0.4) is 0 Å². The fourth-order valence-corrected chi connectivity index (χ4v) is 3.83. The van der Waals surface area contributed by atoms with Crippen molar-refractivity contribution in [2.45, 2.75) is 20.3 Å². The molecule has 0 aromatic heterocycles. The third kappa shape index (κ3) is 5.12. The number of anilines is 1. The van der Waals surface area contributed by atoms with Crippen LogP contribution in [-0.2, 0) is 0 Å². The molecule has 2 aromatic rings. The predicted molar refractivity (Wildman–Crippen MR) is 119 cm³/mol. The predicted octanol–water partition coefficient (Wildman–Crippen LogP) is 5.72. The van der Waals surface area contributed by atoms with Crippen molar-refractivity contribution in [1.29, 1.82) is 0 Å². The van der Waals surface area contributed by atoms with Crippen LogP contribution in [0.15, 0.2) is 47.5 Å². The zero-order valence-electron chi connectivity index (χ0n) is 14.9. The first kappa shape index (κ1) is 21.0. The summed E-state index contributed by atoms with van der Waals surface area (Å²) in [6.45, 7) is 5.23. The van der Waals surface area contributed by atoms with Crippen LogP contribution < -0.4 is 4.90 Å². The van der Waals surface area contributed by atoms with Gasteiger partial charge in [0.15, 0.2) is 11.0 Å². The van der Waals surface area contributed by atoms with Gasteiger partial charge in [0, 0.05) is 28.6 Å². The smallest absolute Gasteiger partial charge is 0.182 e. The lowest BCUT2D eigenvalue weighted by Crippen LogP contribution is -2.36. The maximum absolute atomic E-state index is 12.8. The lowest BCUT2D eigenvalue weighted by atomic mass is 10.1. The number of ketones is 1.